The molecule has 2 unspecified atom stereocenters. The van der Waals surface area contributed by atoms with Crippen molar-refractivity contribution in [2.75, 3.05) is 19.7 Å². The number of imidazole rings is 1. The molecule has 0 amide bonds. The van der Waals surface area contributed by atoms with Crippen LogP contribution in [0, 0.1) is 0 Å². The van der Waals surface area contributed by atoms with Gasteiger partial charge >= 0.3 is 5.97 Å². The molecule has 3 aliphatic rings. The molecule has 2 aromatic heterocycles. The number of aromatic nitrogens is 3. The maximum absolute atomic E-state index is 11.6. The van der Waals surface area contributed by atoms with Crippen LogP contribution in [-0.4, -0.2) is 56.3 Å². The fraction of sp³-hybridized carbons (Fsp3) is 0.406. The lowest BCUT2D eigenvalue weighted by atomic mass is 9.83. The van der Waals surface area contributed by atoms with Gasteiger partial charge in [0.05, 0.1) is 19.2 Å². The van der Waals surface area contributed by atoms with Crippen molar-refractivity contribution >= 4 is 17.1 Å². The summed E-state index contributed by atoms with van der Waals surface area (Å²) in [7, 11) is 0. The molecule has 0 bridgehead atoms. The number of pyridine rings is 1. The number of carbonyl (C=O) groups is 1. The van der Waals surface area contributed by atoms with Crippen molar-refractivity contribution in [1.82, 2.24) is 19.4 Å². The van der Waals surface area contributed by atoms with E-state index in [4.69, 9.17) is 14.5 Å². The monoisotopic (exact) mass is 538 g/mol. The van der Waals surface area contributed by atoms with E-state index in [0.717, 1.165) is 68.9 Å². The third-order valence-electron chi connectivity index (χ3n) is 8.73. The molecule has 0 radical (unpaired) electrons. The first-order valence-electron chi connectivity index (χ1n) is 14.4. The molecule has 206 valence electrons. The number of carboxylic acids is 1. The highest BCUT2D eigenvalue weighted by atomic mass is 16.5. The second-order valence-corrected chi connectivity index (χ2v) is 11.2. The van der Waals surface area contributed by atoms with E-state index >= 15 is 0 Å². The summed E-state index contributed by atoms with van der Waals surface area (Å²) in [6, 6.07) is 20.4. The van der Waals surface area contributed by atoms with E-state index in [1.807, 2.05) is 0 Å². The van der Waals surface area contributed by atoms with Crippen molar-refractivity contribution in [1.29, 1.82) is 0 Å². The van der Waals surface area contributed by atoms with Gasteiger partial charge in [0, 0.05) is 6.61 Å². The Hall–Kier alpha value is -3.75. The lowest BCUT2D eigenvalue weighted by molar-refractivity contribution is -0.0593. The molecule has 2 saturated heterocycles. The average Bonchev–Trinajstić information content (AvgIpc) is 3.31. The van der Waals surface area contributed by atoms with Gasteiger partial charge in [-0.05, 0) is 86.0 Å². The maximum Gasteiger partial charge on any atom is 0.354 e. The minimum absolute atomic E-state index is 0.0424. The summed E-state index contributed by atoms with van der Waals surface area (Å²) in [5.74, 6) is 1.46. The summed E-state index contributed by atoms with van der Waals surface area (Å²) in [6.07, 6.45) is 5.48. The number of likely N-dealkylation sites (tertiary alicyclic amines) is 1. The largest absolute Gasteiger partial charge is 0.485 e. The van der Waals surface area contributed by atoms with Crippen LogP contribution in [0.15, 0.2) is 60.7 Å². The molecular weight excluding hydrogens is 504 g/mol. The lowest BCUT2D eigenvalue weighted by Gasteiger charge is -2.35. The van der Waals surface area contributed by atoms with Crippen LogP contribution in [0.2, 0.25) is 0 Å². The minimum atomic E-state index is -1.03. The molecule has 0 saturated carbocycles. The third-order valence-corrected chi connectivity index (χ3v) is 8.73. The first-order valence-corrected chi connectivity index (χ1v) is 14.4. The third kappa shape index (κ3) is 4.86. The molecule has 40 heavy (non-hydrogen) atoms. The number of hydrogen-bond acceptors (Lipinski definition) is 6. The van der Waals surface area contributed by atoms with E-state index in [2.05, 4.69) is 63.0 Å². The molecule has 2 atom stereocenters. The van der Waals surface area contributed by atoms with Gasteiger partial charge in [-0.2, -0.15) is 0 Å². The number of benzene rings is 2. The zero-order chi connectivity index (χ0) is 27.1. The van der Waals surface area contributed by atoms with E-state index in [1.165, 1.54) is 22.8 Å². The van der Waals surface area contributed by atoms with Gasteiger partial charge in [-0.25, -0.2) is 14.8 Å². The zero-order valence-electron chi connectivity index (χ0n) is 22.5. The van der Waals surface area contributed by atoms with Crippen LogP contribution in [0.1, 0.15) is 70.7 Å². The molecule has 3 aliphatic heterocycles. The number of rotatable bonds is 7. The van der Waals surface area contributed by atoms with Crippen LogP contribution >= 0.6 is 0 Å². The summed E-state index contributed by atoms with van der Waals surface area (Å²) in [5.41, 5.74) is 5.49. The molecular formula is C32H34N4O4. The number of piperidine rings is 1. The topological polar surface area (TPSA) is 89.7 Å². The van der Waals surface area contributed by atoms with Gasteiger partial charge in [-0.3, -0.25) is 4.90 Å². The summed E-state index contributed by atoms with van der Waals surface area (Å²) >= 11 is 0. The SMILES string of the molecule is O=C(O)c1ccc2nc(CN3CCC(c4cccc5c4CCC(c4ccccc4)O5)CC3)n(CC3CCO3)c2n1. The lowest BCUT2D eigenvalue weighted by Crippen LogP contribution is -2.35. The molecule has 4 aromatic rings. The summed E-state index contributed by atoms with van der Waals surface area (Å²) in [4.78, 5) is 23.3. The first kappa shape index (κ1) is 25.2. The zero-order valence-corrected chi connectivity index (χ0v) is 22.5. The van der Waals surface area contributed by atoms with Crippen molar-refractivity contribution in [3.05, 3.63) is 88.9 Å². The second-order valence-electron chi connectivity index (χ2n) is 11.2. The molecule has 0 spiro atoms. The average molecular weight is 539 g/mol. The van der Waals surface area contributed by atoms with E-state index in [9.17, 15) is 9.90 Å². The minimum Gasteiger partial charge on any atom is -0.485 e. The van der Waals surface area contributed by atoms with Crippen LogP contribution < -0.4 is 4.74 Å². The van der Waals surface area contributed by atoms with E-state index in [1.54, 1.807) is 6.07 Å². The first-order chi connectivity index (χ1) is 19.6. The Balaban J connectivity index is 1.06. The smallest absolute Gasteiger partial charge is 0.354 e. The van der Waals surface area contributed by atoms with Crippen molar-refractivity contribution < 1.29 is 19.4 Å². The Bertz CT molecular complexity index is 1520. The Labute approximate surface area is 233 Å². The predicted octanol–water partition coefficient (Wildman–Crippen LogP) is 5.36. The highest BCUT2D eigenvalue weighted by Crippen LogP contribution is 2.41. The number of ether oxygens (including phenoxy) is 2. The Morgan fingerprint density at radius 1 is 0.950 bits per heavy atom. The molecule has 1 N–H and O–H groups in total. The van der Waals surface area contributed by atoms with E-state index in [0.29, 0.717) is 24.7 Å². The standard InChI is InChI=1S/C32H34N4O4/c37-32(38)27-11-10-26-31(34-27)36(19-23-15-18-39-23)30(33-26)20-35-16-13-21(14-17-35)24-7-4-8-29-25(24)9-12-28(40-29)22-5-2-1-3-6-22/h1-8,10-11,21,23,28H,9,12-20H2,(H,37,38). The number of carboxylic acid groups (broad SMARTS) is 1. The summed E-state index contributed by atoms with van der Waals surface area (Å²) < 4.78 is 14.3. The molecule has 2 aromatic carbocycles. The second kappa shape index (κ2) is 10.7. The van der Waals surface area contributed by atoms with Crippen molar-refractivity contribution in [2.45, 2.75) is 63.3 Å². The number of nitrogens with zero attached hydrogens (tertiary/aromatic N) is 4. The molecule has 2 fully saturated rings. The van der Waals surface area contributed by atoms with Gasteiger partial charge in [0.2, 0.25) is 0 Å². The highest BCUT2D eigenvalue weighted by Gasteiger charge is 2.29. The van der Waals surface area contributed by atoms with Crippen LogP contribution in [0.25, 0.3) is 11.2 Å². The quantitative estimate of drug-likeness (QED) is 0.339. The van der Waals surface area contributed by atoms with E-state index in [-0.39, 0.29) is 17.9 Å². The normalized spacial score (nSPS) is 21.5. The Kier molecular flexibility index (Phi) is 6.73. The van der Waals surface area contributed by atoms with Crippen LogP contribution in [0.4, 0.5) is 0 Å². The van der Waals surface area contributed by atoms with Gasteiger partial charge in [0.15, 0.2) is 11.3 Å². The van der Waals surface area contributed by atoms with Crippen molar-refractivity contribution in [3.8, 4) is 5.75 Å². The van der Waals surface area contributed by atoms with Gasteiger partial charge in [-0.1, -0.05) is 42.5 Å². The van der Waals surface area contributed by atoms with Crippen LogP contribution in [0.5, 0.6) is 5.75 Å². The Morgan fingerprint density at radius 2 is 1.77 bits per heavy atom. The fourth-order valence-electron chi connectivity index (χ4n) is 6.45. The van der Waals surface area contributed by atoms with Crippen molar-refractivity contribution in [3.63, 3.8) is 0 Å². The summed E-state index contributed by atoms with van der Waals surface area (Å²) in [5, 5.41) is 9.47. The van der Waals surface area contributed by atoms with E-state index < -0.39 is 5.97 Å². The fourth-order valence-corrected chi connectivity index (χ4v) is 6.45. The molecule has 8 nitrogen and oxygen atoms in total. The van der Waals surface area contributed by atoms with Gasteiger partial charge in [0.1, 0.15) is 23.2 Å². The summed E-state index contributed by atoms with van der Waals surface area (Å²) in [6.45, 7) is 4.11. The van der Waals surface area contributed by atoms with Crippen LogP contribution in [0.3, 0.4) is 0 Å². The number of aromatic carboxylic acids is 1. The van der Waals surface area contributed by atoms with Gasteiger partial charge in [-0.15, -0.1) is 0 Å². The molecule has 7 rings (SSSR count). The number of fused-ring (bicyclic) bond motifs is 2. The highest BCUT2D eigenvalue weighted by molar-refractivity contribution is 5.88. The van der Waals surface area contributed by atoms with Crippen molar-refractivity contribution in [2.24, 2.45) is 0 Å². The maximum atomic E-state index is 11.6. The molecule has 8 heteroatoms. The molecule has 5 heterocycles. The van der Waals surface area contributed by atoms with Gasteiger partial charge < -0.3 is 19.1 Å². The molecule has 0 aliphatic carbocycles. The van der Waals surface area contributed by atoms with Gasteiger partial charge in [0.25, 0.3) is 0 Å². The predicted molar refractivity (Wildman–Crippen MR) is 151 cm³/mol. The Morgan fingerprint density at radius 3 is 2.52 bits per heavy atom. The van der Waals surface area contributed by atoms with Crippen LogP contribution in [-0.2, 0) is 24.2 Å². The number of hydrogen-bond donors (Lipinski definition) is 1.